The molecule has 0 atom stereocenters. The molecule has 6 nitrogen and oxygen atoms in total. The number of benzene rings is 3. The highest BCUT2D eigenvalue weighted by atomic mass is 32.2. The number of para-hydroxylation sites is 1. The van der Waals surface area contributed by atoms with Crippen LogP contribution in [0.2, 0.25) is 0 Å². The third kappa shape index (κ3) is 5.88. The van der Waals surface area contributed by atoms with Crippen LogP contribution in [0.15, 0.2) is 83.8 Å². The average Bonchev–Trinajstić information content (AvgIpc) is 2.79. The Morgan fingerprint density at radius 1 is 0.969 bits per heavy atom. The van der Waals surface area contributed by atoms with E-state index in [0.29, 0.717) is 35.2 Å². The number of nitrogens with zero attached hydrogens (tertiary/aromatic N) is 1. The molecule has 3 aromatic carbocycles. The average molecular weight is 453 g/mol. The fourth-order valence-electron chi connectivity index (χ4n) is 2.99. The van der Waals surface area contributed by atoms with Gasteiger partial charge in [0.2, 0.25) is 0 Å². The number of ether oxygens (including phenoxy) is 1. The van der Waals surface area contributed by atoms with Crippen molar-refractivity contribution in [2.45, 2.75) is 25.2 Å². The van der Waals surface area contributed by atoms with E-state index < -0.39 is 10.0 Å². The fraction of sp³-hybridized carbons (Fsp3) is 0.240. The van der Waals surface area contributed by atoms with Gasteiger partial charge in [-0.3, -0.25) is 9.10 Å². The van der Waals surface area contributed by atoms with Crippen molar-refractivity contribution in [1.29, 1.82) is 0 Å². The first-order valence-corrected chi connectivity index (χ1v) is 11.9. The van der Waals surface area contributed by atoms with Gasteiger partial charge >= 0.3 is 0 Å². The van der Waals surface area contributed by atoms with Crippen molar-refractivity contribution in [2.24, 2.45) is 5.92 Å². The predicted molar refractivity (Wildman–Crippen MR) is 128 cm³/mol. The smallest absolute Gasteiger partial charge is 0.264 e. The molecule has 1 amide bonds. The minimum absolute atomic E-state index is 0.141. The minimum Gasteiger partial charge on any atom is -0.494 e. The number of amides is 1. The highest BCUT2D eigenvalue weighted by Crippen LogP contribution is 2.23. The van der Waals surface area contributed by atoms with Crippen LogP contribution in [0.4, 0.5) is 11.4 Å². The summed E-state index contributed by atoms with van der Waals surface area (Å²) in [6.45, 7) is 4.85. The first-order chi connectivity index (χ1) is 15.3. The largest absolute Gasteiger partial charge is 0.494 e. The van der Waals surface area contributed by atoms with Crippen molar-refractivity contribution in [3.8, 4) is 5.75 Å². The van der Waals surface area contributed by atoms with Gasteiger partial charge in [0.25, 0.3) is 15.9 Å². The molecule has 168 valence electrons. The molecule has 0 aliphatic rings. The summed E-state index contributed by atoms with van der Waals surface area (Å²) in [7, 11) is -2.20. The van der Waals surface area contributed by atoms with Crippen LogP contribution in [0.25, 0.3) is 0 Å². The molecule has 0 aliphatic heterocycles. The molecule has 0 fully saturated rings. The van der Waals surface area contributed by atoms with Crippen LogP contribution in [-0.2, 0) is 10.0 Å². The Morgan fingerprint density at radius 3 is 2.31 bits per heavy atom. The number of nitrogens with one attached hydrogen (secondary N) is 1. The molecule has 32 heavy (non-hydrogen) atoms. The van der Waals surface area contributed by atoms with Crippen molar-refractivity contribution in [3.63, 3.8) is 0 Å². The molecule has 0 saturated carbocycles. The van der Waals surface area contributed by atoms with Crippen LogP contribution in [0.1, 0.15) is 30.6 Å². The third-order valence-electron chi connectivity index (χ3n) is 4.95. The van der Waals surface area contributed by atoms with Gasteiger partial charge in [-0.15, -0.1) is 0 Å². The highest BCUT2D eigenvalue weighted by molar-refractivity contribution is 7.92. The lowest BCUT2D eigenvalue weighted by Gasteiger charge is -2.19. The van der Waals surface area contributed by atoms with Crippen LogP contribution in [0, 0.1) is 5.92 Å². The van der Waals surface area contributed by atoms with Crippen molar-refractivity contribution in [2.75, 3.05) is 23.3 Å². The molecule has 0 aromatic heterocycles. The van der Waals surface area contributed by atoms with Crippen LogP contribution in [0.3, 0.4) is 0 Å². The van der Waals surface area contributed by atoms with E-state index in [-0.39, 0.29) is 10.8 Å². The van der Waals surface area contributed by atoms with Crippen molar-refractivity contribution < 1.29 is 17.9 Å². The predicted octanol–water partition coefficient (Wildman–Crippen LogP) is 5.19. The summed E-state index contributed by atoms with van der Waals surface area (Å²) in [5.74, 6) is 0.890. The second-order valence-corrected chi connectivity index (χ2v) is 9.81. The number of hydrogen-bond acceptors (Lipinski definition) is 4. The first kappa shape index (κ1) is 23.3. The quantitative estimate of drug-likeness (QED) is 0.485. The number of sulfonamides is 1. The lowest BCUT2D eigenvalue weighted by atomic mass is 10.1. The third-order valence-corrected chi connectivity index (χ3v) is 6.75. The molecule has 1 N–H and O–H groups in total. The van der Waals surface area contributed by atoms with E-state index in [2.05, 4.69) is 19.2 Å². The van der Waals surface area contributed by atoms with Gasteiger partial charge in [-0.05, 0) is 66.9 Å². The van der Waals surface area contributed by atoms with E-state index in [4.69, 9.17) is 4.74 Å². The number of anilines is 2. The van der Waals surface area contributed by atoms with Crippen molar-refractivity contribution in [1.82, 2.24) is 0 Å². The lowest BCUT2D eigenvalue weighted by Crippen LogP contribution is -2.26. The molecule has 0 aliphatic carbocycles. The standard InChI is InChI=1S/C25H28N2O4S/c1-19(2)16-17-31-23-11-7-8-20(18-23)25(28)26-21-12-14-24(15-13-21)32(29,30)27(3)22-9-5-4-6-10-22/h4-15,18-19H,16-17H2,1-3H3,(H,26,28). The van der Waals surface area contributed by atoms with Crippen molar-refractivity contribution in [3.05, 3.63) is 84.4 Å². The van der Waals surface area contributed by atoms with E-state index in [9.17, 15) is 13.2 Å². The molecule has 0 bridgehead atoms. The van der Waals surface area contributed by atoms with Gasteiger partial charge in [-0.2, -0.15) is 0 Å². The summed E-state index contributed by atoms with van der Waals surface area (Å²) < 4.78 is 32.7. The Morgan fingerprint density at radius 2 is 1.66 bits per heavy atom. The van der Waals surface area contributed by atoms with Gasteiger partial charge < -0.3 is 10.1 Å². The number of carbonyl (C=O) groups excluding carboxylic acids is 1. The lowest BCUT2D eigenvalue weighted by molar-refractivity contribution is 0.102. The van der Waals surface area contributed by atoms with Gasteiger partial charge in [0.1, 0.15) is 5.75 Å². The summed E-state index contributed by atoms with van der Waals surface area (Å²) in [5, 5.41) is 2.80. The second kappa shape index (κ2) is 10.3. The van der Waals surface area contributed by atoms with E-state index in [1.807, 2.05) is 12.1 Å². The van der Waals surface area contributed by atoms with E-state index in [1.165, 1.54) is 23.5 Å². The number of hydrogen-bond donors (Lipinski definition) is 1. The monoisotopic (exact) mass is 452 g/mol. The second-order valence-electron chi connectivity index (χ2n) is 7.85. The van der Waals surface area contributed by atoms with Gasteiger partial charge in [0.05, 0.1) is 17.2 Å². The molecule has 0 heterocycles. The van der Waals surface area contributed by atoms with Crippen LogP contribution in [0.5, 0.6) is 5.75 Å². The maximum atomic E-state index is 12.9. The SMILES string of the molecule is CC(C)CCOc1cccc(C(=O)Nc2ccc(S(=O)(=O)N(C)c3ccccc3)cc2)c1. The van der Waals surface area contributed by atoms with Crippen LogP contribution >= 0.6 is 0 Å². The summed E-state index contributed by atoms with van der Waals surface area (Å²) in [5.41, 5.74) is 1.54. The topological polar surface area (TPSA) is 75.7 Å². The summed E-state index contributed by atoms with van der Waals surface area (Å²) in [6.07, 6.45) is 0.936. The van der Waals surface area contributed by atoms with Gasteiger partial charge in [0.15, 0.2) is 0 Å². The summed E-state index contributed by atoms with van der Waals surface area (Å²) >= 11 is 0. The summed E-state index contributed by atoms with van der Waals surface area (Å²) in [6, 6.07) is 22.0. The maximum absolute atomic E-state index is 12.9. The fourth-order valence-corrected chi connectivity index (χ4v) is 4.18. The molecule has 3 aromatic rings. The van der Waals surface area contributed by atoms with Crippen LogP contribution in [-0.4, -0.2) is 28.0 Å². The minimum atomic E-state index is -3.71. The number of rotatable bonds is 9. The van der Waals surface area contributed by atoms with Crippen LogP contribution < -0.4 is 14.4 Å². The van der Waals surface area contributed by atoms with E-state index in [0.717, 1.165) is 6.42 Å². The summed E-state index contributed by atoms with van der Waals surface area (Å²) in [4.78, 5) is 12.8. The van der Waals surface area contributed by atoms with E-state index >= 15 is 0 Å². The molecule has 0 unspecified atom stereocenters. The molecule has 7 heteroatoms. The van der Waals surface area contributed by atoms with Gasteiger partial charge in [-0.1, -0.05) is 38.1 Å². The van der Waals surface area contributed by atoms with Gasteiger partial charge in [-0.25, -0.2) is 8.42 Å². The Labute approximate surface area is 189 Å². The Kier molecular flexibility index (Phi) is 7.53. The molecular formula is C25H28N2O4S. The Bertz CT molecular complexity index is 1140. The molecule has 0 saturated heterocycles. The normalized spacial score (nSPS) is 11.2. The van der Waals surface area contributed by atoms with E-state index in [1.54, 1.807) is 54.6 Å². The highest BCUT2D eigenvalue weighted by Gasteiger charge is 2.21. The first-order valence-electron chi connectivity index (χ1n) is 10.5. The maximum Gasteiger partial charge on any atom is 0.264 e. The molecule has 0 radical (unpaired) electrons. The zero-order valence-electron chi connectivity index (χ0n) is 18.5. The Hall–Kier alpha value is -3.32. The zero-order valence-corrected chi connectivity index (χ0v) is 19.3. The van der Waals surface area contributed by atoms with Crippen molar-refractivity contribution >= 4 is 27.3 Å². The Balaban J connectivity index is 1.67. The molecular weight excluding hydrogens is 424 g/mol. The zero-order chi connectivity index (χ0) is 23.1. The van der Waals surface area contributed by atoms with Gasteiger partial charge in [0, 0.05) is 18.3 Å². The molecule has 0 spiro atoms. The number of carbonyl (C=O) groups is 1. The molecule has 3 rings (SSSR count).